The molecule has 1 unspecified atom stereocenters. The standard InChI is InChI=1S/C18H32ClN3/c1-5-21(6-2)15-18(22(7-3)8-4)14-20-13-16-9-11-17(19)12-10-16/h9-12,18,20H,5-8,13-15H2,1-4H3. The van der Waals surface area contributed by atoms with Crippen LogP contribution in [0, 0.1) is 0 Å². The molecule has 3 nitrogen and oxygen atoms in total. The van der Waals surface area contributed by atoms with Crippen LogP contribution in [0.4, 0.5) is 0 Å². The maximum absolute atomic E-state index is 5.93. The predicted octanol–water partition coefficient (Wildman–Crippen LogP) is 3.48. The molecule has 0 fully saturated rings. The van der Waals surface area contributed by atoms with Gasteiger partial charge in [-0.3, -0.25) is 4.90 Å². The second-order valence-electron chi connectivity index (χ2n) is 5.62. The Morgan fingerprint density at radius 3 is 2.05 bits per heavy atom. The molecule has 0 aliphatic rings. The van der Waals surface area contributed by atoms with Gasteiger partial charge in [0.2, 0.25) is 0 Å². The maximum atomic E-state index is 5.93. The molecule has 1 N–H and O–H groups in total. The Labute approximate surface area is 141 Å². The van der Waals surface area contributed by atoms with Crippen molar-refractivity contribution in [2.45, 2.75) is 40.3 Å². The fourth-order valence-corrected chi connectivity index (χ4v) is 2.94. The van der Waals surface area contributed by atoms with Gasteiger partial charge < -0.3 is 10.2 Å². The van der Waals surface area contributed by atoms with E-state index >= 15 is 0 Å². The largest absolute Gasteiger partial charge is 0.311 e. The van der Waals surface area contributed by atoms with Gasteiger partial charge in [0, 0.05) is 30.7 Å². The SMILES string of the molecule is CCN(CC)CC(CNCc1ccc(Cl)cc1)N(CC)CC. The molecule has 0 bridgehead atoms. The molecule has 1 aromatic rings. The Balaban J connectivity index is 2.54. The summed E-state index contributed by atoms with van der Waals surface area (Å²) in [6.07, 6.45) is 0. The molecule has 0 saturated heterocycles. The van der Waals surface area contributed by atoms with E-state index in [2.05, 4.69) is 54.9 Å². The lowest BCUT2D eigenvalue weighted by Crippen LogP contribution is -2.49. The molecular weight excluding hydrogens is 294 g/mol. The first-order valence-corrected chi connectivity index (χ1v) is 8.93. The van der Waals surface area contributed by atoms with Gasteiger partial charge in [-0.2, -0.15) is 0 Å². The van der Waals surface area contributed by atoms with Crippen LogP contribution in [0.5, 0.6) is 0 Å². The van der Waals surface area contributed by atoms with Gasteiger partial charge in [-0.05, 0) is 43.9 Å². The smallest absolute Gasteiger partial charge is 0.0406 e. The van der Waals surface area contributed by atoms with Gasteiger partial charge in [-0.25, -0.2) is 0 Å². The number of rotatable bonds is 11. The number of likely N-dealkylation sites (N-methyl/N-ethyl adjacent to an activating group) is 2. The Bertz CT molecular complexity index is 386. The van der Waals surface area contributed by atoms with Crippen molar-refractivity contribution in [2.24, 2.45) is 0 Å². The first-order valence-electron chi connectivity index (χ1n) is 8.56. The average Bonchev–Trinajstić information content (AvgIpc) is 2.54. The molecule has 126 valence electrons. The van der Waals surface area contributed by atoms with E-state index in [4.69, 9.17) is 11.6 Å². The number of halogens is 1. The van der Waals surface area contributed by atoms with E-state index in [1.54, 1.807) is 0 Å². The fraction of sp³-hybridized carbons (Fsp3) is 0.667. The van der Waals surface area contributed by atoms with Crippen LogP contribution in [0.3, 0.4) is 0 Å². The summed E-state index contributed by atoms with van der Waals surface area (Å²) in [4.78, 5) is 5.06. The van der Waals surface area contributed by atoms with Gasteiger partial charge in [0.05, 0.1) is 0 Å². The minimum absolute atomic E-state index is 0.558. The average molecular weight is 326 g/mol. The third-order valence-electron chi connectivity index (χ3n) is 4.31. The van der Waals surface area contributed by atoms with Crippen LogP contribution in [-0.2, 0) is 6.54 Å². The van der Waals surface area contributed by atoms with Crippen molar-refractivity contribution in [1.82, 2.24) is 15.1 Å². The molecule has 22 heavy (non-hydrogen) atoms. The minimum Gasteiger partial charge on any atom is -0.311 e. The molecule has 0 aliphatic heterocycles. The lowest BCUT2D eigenvalue weighted by molar-refractivity contribution is 0.152. The maximum Gasteiger partial charge on any atom is 0.0406 e. The normalized spacial score (nSPS) is 13.0. The molecule has 1 rings (SSSR count). The van der Waals surface area contributed by atoms with E-state index in [1.807, 2.05) is 12.1 Å². The molecule has 4 heteroatoms. The van der Waals surface area contributed by atoms with Crippen LogP contribution in [-0.4, -0.2) is 55.1 Å². The van der Waals surface area contributed by atoms with Gasteiger partial charge in [0.25, 0.3) is 0 Å². The summed E-state index contributed by atoms with van der Waals surface area (Å²) < 4.78 is 0. The van der Waals surface area contributed by atoms with E-state index < -0.39 is 0 Å². The van der Waals surface area contributed by atoms with Crippen molar-refractivity contribution < 1.29 is 0 Å². The first-order chi connectivity index (χ1) is 10.6. The first kappa shape index (κ1) is 19.4. The highest BCUT2D eigenvalue weighted by Crippen LogP contribution is 2.09. The lowest BCUT2D eigenvalue weighted by Gasteiger charge is -2.34. The van der Waals surface area contributed by atoms with Crippen LogP contribution in [0.2, 0.25) is 5.02 Å². The highest BCUT2D eigenvalue weighted by molar-refractivity contribution is 6.30. The van der Waals surface area contributed by atoms with Crippen LogP contribution in [0.1, 0.15) is 33.3 Å². The van der Waals surface area contributed by atoms with Gasteiger partial charge in [-0.15, -0.1) is 0 Å². The summed E-state index contributed by atoms with van der Waals surface area (Å²) in [5.41, 5.74) is 1.28. The van der Waals surface area contributed by atoms with Crippen molar-refractivity contribution in [1.29, 1.82) is 0 Å². The van der Waals surface area contributed by atoms with Crippen LogP contribution in [0.15, 0.2) is 24.3 Å². The molecule has 1 atom stereocenters. The summed E-state index contributed by atoms with van der Waals surface area (Å²) >= 11 is 5.93. The van der Waals surface area contributed by atoms with Gasteiger partial charge in [-0.1, -0.05) is 51.4 Å². The third-order valence-corrected chi connectivity index (χ3v) is 4.57. The highest BCUT2D eigenvalue weighted by atomic mass is 35.5. The van der Waals surface area contributed by atoms with E-state index in [-0.39, 0.29) is 0 Å². The molecule has 0 radical (unpaired) electrons. The number of hydrogen-bond donors (Lipinski definition) is 1. The van der Waals surface area contributed by atoms with Crippen molar-refractivity contribution in [3.63, 3.8) is 0 Å². The minimum atomic E-state index is 0.558. The molecule has 0 heterocycles. The molecule has 0 aliphatic carbocycles. The number of nitrogens with one attached hydrogen (secondary N) is 1. The highest BCUT2D eigenvalue weighted by Gasteiger charge is 2.17. The summed E-state index contributed by atoms with van der Waals surface area (Å²) in [6, 6.07) is 8.65. The molecule has 0 aromatic heterocycles. The fourth-order valence-electron chi connectivity index (χ4n) is 2.81. The Hall–Kier alpha value is -0.610. The molecule has 0 amide bonds. The van der Waals surface area contributed by atoms with Gasteiger partial charge in [0.15, 0.2) is 0 Å². The van der Waals surface area contributed by atoms with Gasteiger partial charge >= 0.3 is 0 Å². The second kappa shape index (κ2) is 11.0. The van der Waals surface area contributed by atoms with E-state index in [9.17, 15) is 0 Å². The van der Waals surface area contributed by atoms with E-state index in [0.29, 0.717) is 6.04 Å². The second-order valence-corrected chi connectivity index (χ2v) is 6.05. The molecule has 0 saturated carbocycles. The van der Waals surface area contributed by atoms with Crippen molar-refractivity contribution in [3.8, 4) is 0 Å². The lowest BCUT2D eigenvalue weighted by atomic mass is 10.2. The summed E-state index contributed by atoms with van der Waals surface area (Å²) in [7, 11) is 0. The molecular formula is C18H32ClN3. The van der Waals surface area contributed by atoms with Crippen LogP contribution < -0.4 is 5.32 Å². The number of hydrogen-bond acceptors (Lipinski definition) is 3. The van der Waals surface area contributed by atoms with Crippen LogP contribution in [0.25, 0.3) is 0 Å². The van der Waals surface area contributed by atoms with Crippen molar-refractivity contribution in [3.05, 3.63) is 34.9 Å². The van der Waals surface area contributed by atoms with Crippen molar-refractivity contribution in [2.75, 3.05) is 39.3 Å². The zero-order valence-electron chi connectivity index (χ0n) is 14.6. The predicted molar refractivity (Wildman–Crippen MR) is 97.7 cm³/mol. The summed E-state index contributed by atoms with van der Waals surface area (Å²) in [6.45, 7) is 16.5. The summed E-state index contributed by atoms with van der Waals surface area (Å²) in [5.74, 6) is 0. The summed E-state index contributed by atoms with van der Waals surface area (Å²) in [5, 5.41) is 4.41. The Morgan fingerprint density at radius 1 is 0.955 bits per heavy atom. The molecule has 0 spiro atoms. The Kier molecular flexibility index (Phi) is 9.73. The van der Waals surface area contributed by atoms with Crippen LogP contribution >= 0.6 is 11.6 Å². The number of benzene rings is 1. The monoisotopic (exact) mass is 325 g/mol. The molecule has 1 aromatic carbocycles. The van der Waals surface area contributed by atoms with E-state index in [1.165, 1.54) is 5.56 Å². The van der Waals surface area contributed by atoms with Gasteiger partial charge in [0.1, 0.15) is 0 Å². The zero-order valence-corrected chi connectivity index (χ0v) is 15.4. The quantitative estimate of drug-likeness (QED) is 0.672. The van der Waals surface area contributed by atoms with E-state index in [0.717, 1.165) is 50.8 Å². The zero-order chi connectivity index (χ0) is 16.4. The topological polar surface area (TPSA) is 18.5 Å². The third kappa shape index (κ3) is 6.66. The Morgan fingerprint density at radius 2 is 1.55 bits per heavy atom. The number of nitrogens with zero attached hydrogens (tertiary/aromatic N) is 2. The van der Waals surface area contributed by atoms with Crippen molar-refractivity contribution >= 4 is 11.6 Å².